The maximum Gasteiger partial charge on any atom is 0.416 e. The zero-order chi connectivity index (χ0) is 22.1. The van der Waals surface area contributed by atoms with Crippen molar-refractivity contribution in [1.29, 1.82) is 0 Å². The molecule has 160 valence electrons. The molecule has 0 heterocycles. The van der Waals surface area contributed by atoms with Gasteiger partial charge in [0.2, 0.25) is 5.91 Å². The molecule has 9 heteroatoms. The van der Waals surface area contributed by atoms with Gasteiger partial charge in [-0.25, -0.2) is 10.2 Å². The van der Waals surface area contributed by atoms with E-state index in [1.54, 1.807) is 38.1 Å². The first-order valence-electron chi connectivity index (χ1n) is 9.04. The molecule has 0 atom stereocenters. The van der Waals surface area contributed by atoms with Crippen molar-refractivity contribution in [2.45, 2.75) is 32.5 Å². The van der Waals surface area contributed by atoms with Gasteiger partial charge >= 0.3 is 12.1 Å². The van der Waals surface area contributed by atoms with Crippen LogP contribution >= 0.6 is 0 Å². The summed E-state index contributed by atoms with van der Waals surface area (Å²) >= 11 is 0. The highest BCUT2D eigenvalue weighted by Crippen LogP contribution is 2.29. The topological polar surface area (TPSA) is 77.0 Å². The quantitative estimate of drug-likeness (QED) is 0.400. The Morgan fingerprint density at radius 2 is 1.83 bits per heavy atom. The number of amides is 1. The van der Waals surface area contributed by atoms with Gasteiger partial charge in [0.05, 0.1) is 24.3 Å². The van der Waals surface area contributed by atoms with Gasteiger partial charge in [0.1, 0.15) is 5.75 Å². The van der Waals surface area contributed by atoms with Crippen molar-refractivity contribution >= 4 is 18.1 Å². The van der Waals surface area contributed by atoms with Crippen LogP contribution in [0.15, 0.2) is 53.6 Å². The highest BCUT2D eigenvalue weighted by atomic mass is 19.4. The number of ether oxygens (including phenoxy) is 2. The highest BCUT2D eigenvalue weighted by molar-refractivity contribution is 5.83. The smallest absolute Gasteiger partial charge is 0.416 e. The van der Waals surface area contributed by atoms with Gasteiger partial charge < -0.3 is 9.47 Å². The first-order valence-corrected chi connectivity index (χ1v) is 9.04. The molecule has 30 heavy (non-hydrogen) atoms. The number of hydrazone groups is 1. The van der Waals surface area contributed by atoms with Crippen LogP contribution in [0.3, 0.4) is 0 Å². The number of benzene rings is 2. The lowest BCUT2D eigenvalue weighted by Crippen LogP contribution is -2.20. The molecule has 0 aromatic heterocycles. The normalized spacial score (nSPS) is 11.5. The Morgan fingerprint density at radius 1 is 1.13 bits per heavy atom. The van der Waals surface area contributed by atoms with E-state index in [9.17, 15) is 22.8 Å². The molecule has 2 aromatic carbocycles. The van der Waals surface area contributed by atoms with E-state index >= 15 is 0 Å². The standard InChI is InChI=1S/C21H21F3N2O4/c1-14(2)30-20(28)13-29-18-8-6-15(7-9-18)12-25-26-19(27)11-16-4-3-5-17(10-16)21(22,23)24/h3-10,12,14H,11,13H2,1-2H3,(H,26,27)/b25-12+. The van der Waals surface area contributed by atoms with E-state index in [1.807, 2.05) is 0 Å². The van der Waals surface area contributed by atoms with E-state index < -0.39 is 23.6 Å². The Labute approximate surface area is 171 Å². The molecule has 1 amide bonds. The molecule has 0 radical (unpaired) electrons. The van der Waals surface area contributed by atoms with Gasteiger partial charge in [-0.2, -0.15) is 18.3 Å². The maximum atomic E-state index is 12.7. The molecule has 0 fully saturated rings. The first kappa shape index (κ1) is 22.9. The summed E-state index contributed by atoms with van der Waals surface area (Å²) < 4.78 is 48.4. The lowest BCUT2D eigenvalue weighted by molar-refractivity contribution is -0.149. The van der Waals surface area contributed by atoms with Crippen molar-refractivity contribution < 1.29 is 32.2 Å². The monoisotopic (exact) mass is 422 g/mol. The minimum atomic E-state index is -4.46. The molecular weight excluding hydrogens is 401 g/mol. The van der Waals surface area contributed by atoms with Gasteiger partial charge in [-0.15, -0.1) is 0 Å². The molecule has 0 bridgehead atoms. The van der Waals surface area contributed by atoms with E-state index in [-0.39, 0.29) is 24.7 Å². The molecule has 0 saturated heterocycles. The summed E-state index contributed by atoms with van der Waals surface area (Å²) in [5.41, 5.74) is 2.33. The van der Waals surface area contributed by atoms with E-state index in [2.05, 4.69) is 10.5 Å². The van der Waals surface area contributed by atoms with Gasteiger partial charge in [0.15, 0.2) is 6.61 Å². The Hall–Kier alpha value is -3.36. The maximum absolute atomic E-state index is 12.7. The number of rotatable bonds is 8. The number of halogens is 3. The van der Waals surface area contributed by atoms with Crippen molar-refractivity contribution in [2.24, 2.45) is 5.10 Å². The van der Waals surface area contributed by atoms with Crippen LogP contribution < -0.4 is 10.2 Å². The van der Waals surface area contributed by atoms with Gasteiger partial charge in [0.25, 0.3) is 0 Å². The van der Waals surface area contributed by atoms with E-state index in [4.69, 9.17) is 9.47 Å². The summed E-state index contributed by atoms with van der Waals surface area (Å²) in [7, 11) is 0. The Morgan fingerprint density at radius 3 is 2.47 bits per heavy atom. The molecule has 1 N–H and O–H groups in total. The predicted octanol–water partition coefficient (Wildman–Crippen LogP) is 3.73. The number of nitrogens with one attached hydrogen (secondary N) is 1. The van der Waals surface area contributed by atoms with Crippen LogP contribution in [0, 0.1) is 0 Å². The minimum absolute atomic E-state index is 0.211. The largest absolute Gasteiger partial charge is 0.482 e. The average molecular weight is 422 g/mol. The van der Waals surface area contributed by atoms with Crippen LogP contribution in [-0.2, 0) is 26.9 Å². The van der Waals surface area contributed by atoms with Gasteiger partial charge in [-0.1, -0.05) is 18.2 Å². The molecule has 0 saturated carbocycles. The Balaban J connectivity index is 1.82. The van der Waals surface area contributed by atoms with Crippen LogP contribution in [0.1, 0.15) is 30.5 Å². The van der Waals surface area contributed by atoms with Crippen molar-refractivity contribution in [3.05, 3.63) is 65.2 Å². The molecule has 2 rings (SSSR count). The van der Waals surface area contributed by atoms with Crippen LogP contribution in [-0.4, -0.2) is 30.8 Å². The zero-order valence-corrected chi connectivity index (χ0v) is 16.4. The average Bonchev–Trinajstić information content (AvgIpc) is 2.66. The number of hydrogen-bond acceptors (Lipinski definition) is 5. The fourth-order valence-corrected chi connectivity index (χ4v) is 2.35. The van der Waals surface area contributed by atoms with Crippen molar-refractivity contribution in [3.8, 4) is 5.75 Å². The number of hydrogen-bond donors (Lipinski definition) is 1. The number of alkyl halides is 3. The summed E-state index contributed by atoms with van der Waals surface area (Å²) in [5.74, 6) is -0.560. The lowest BCUT2D eigenvalue weighted by atomic mass is 10.1. The Bertz CT molecular complexity index is 894. The Kier molecular flexibility index (Phi) is 7.97. The summed E-state index contributed by atoms with van der Waals surface area (Å²) in [6, 6.07) is 11.1. The van der Waals surface area contributed by atoms with Crippen molar-refractivity contribution in [2.75, 3.05) is 6.61 Å². The van der Waals surface area contributed by atoms with Crippen LogP contribution in [0.5, 0.6) is 5.75 Å². The summed E-state index contributed by atoms with van der Waals surface area (Å²) in [4.78, 5) is 23.3. The molecule has 0 aliphatic heterocycles. The van der Waals surface area contributed by atoms with Crippen molar-refractivity contribution in [3.63, 3.8) is 0 Å². The molecule has 0 unspecified atom stereocenters. The van der Waals surface area contributed by atoms with Crippen LogP contribution in [0.25, 0.3) is 0 Å². The van der Waals surface area contributed by atoms with Gasteiger partial charge in [-0.05, 0) is 55.3 Å². The van der Waals surface area contributed by atoms with Crippen LogP contribution in [0.2, 0.25) is 0 Å². The van der Waals surface area contributed by atoms with E-state index in [0.717, 1.165) is 12.1 Å². The first-order chi connectivity index (χ1) is 14.1. The second-order valence-electron chi connectivity index (χ2n) is 6.56. The fraction of sp³-hybridized carbons (Fsp3) is 0.286. The molecule has 2 aromatic rings. The second-order valence-corrected chi connectivity index (χ2v) is 6.56. The number of carbonyl (C=O) groups excluding carboxylic acids is 2. The fourth-order valence-electron chi connectivity index (χ4n) is 2.35. The van der Waals surface area contributed by atoms with Crippen LogP contribution in [0.4, 0.5) is 13.2 Å². The lowest BCUT2D eigenvalue weighted by Gasteiger charge is -2.09. The highest BCUT2D eigenvalue weighted by Gasteiger charge is 2.30. The second kappa shape index (κ2) is 10.4. The van der Waals surface area contributed by atoms with Gasteiger partial charge in [-0.3, -0.25) is 4.79 Å². The third-order valence-electron chi connectivity index (χ3n) is 3.63. The molecular formula is C21H21F3N2O4. The van der Waals surface area contributed by atoms with Crippen molar-refractivity contribution in [1.82, 2.24) is 5.43 Å². The number of nitrogens with zero attached hydrogens (tertiary/aromatic N) is 1. The van der Waals surface area contributed by atoms with E-state index in [0.29, 0.717) is 11.3 Å². The van der Waals surface area contributed by atoms with Gasteiger partial charge in [0, 0.05) is 0 Å². The predicted molar refractivity (Wildman–Crippen MR) is 104 cm³/mol. The molecule has 6 nitrogen and oxygen atoms in total. The third kappa shape index (κ3) is 7.94. The number of carbonyl (C=O) groups is 2. The SMILES string of the molecule is CC(C)OC(=O)COc1ccc(/C=N/NC(=O)Cc2cccc(C(F)(F)F)c2)cc1. The summed E-state index contributed by atoms with van der Waals surface area (Å²) in [6.07, 6.45) is -3.54. The molecule has 0 aliphatic rings. The molecule has 0 spiro atoms. The zero-order valence-electron chi connectivity index (χ0n) is 16.4. The summed E-state index contributed by atoms with van der Waals surface area (Å²) in [5, 5.41) is 3.78. The van der Waals surface area contributed by atoms with E-state index in [1.165, 1.54) is 18.3 Å². The third-order valence-corrected chi connectivity index (χ3v) is 3.63. The summed E-state index contributed by atoms with van der Waals surface area (Å²) in [6.45, 7) is 3.27. The minimum Gasteiger partial charge on any atom is -0.482 e. The number of esters is 1. The molecule has 0 aliphatic carbocycles.